The van der Waals surface area contributed by atoms with Gasteiger partial charge >= 0.3 is 0 Å². The molecule has 0 spiro atoms. The Labute approximate surface area is 125 Å². The summed E-state index contributed by atoms with van der Waals surface area (Å²) in [5.74, 6) is 0. The van der Waals surface area contributed by atoms with Crippen molar-refractivity contribution >= 4 is 16.5 Å². The summed E-state index contributed by atoms with van der Waals surface area (Å²) in [7, 11) is 3.97. The zero-order valence-corrected chi connectivity index (χ0v) is 13.5. The number of rotatable bonds is 6. The van der Waals surface area contributed by atoms with Gasteiger partial charge in [-0.25, -0.2) is 4.98 Å². The molecule has 2 N–H and O–H groups in total. The van der Waals surface area contributed by atoms with E-state index in [-0.39, 0.29) is 0 Å². The lowest BCUT2D eigenvalue weighted by Gasteiger charge is -2.34. The van der Waals surface area contributed by atoms with Crippen LogP contribution in [-0.4, -0.2) is 66.9 Å². The minimum absolute atomic E-state index is 0.500. The maximum Gasteiger partial charge on any atom is 0.185 e. The molecule has 0 aromatic carbocycles. The molecule has 0 bridgehead atoms. The van der Waals surface area contributed by atoms with Crippen LogP contribution < -0.4 is 10.2 Å². The molecule has 20 heavy (non-hydrogen) atoms. The molecule has 0 aliphatic carbocycles. The fourth-order valence-electron chi connectivity index (χ4n) is 2.75. The van der Waals surface area contributed by atoms with E-state index in [4.69, 9.17) is 0 Å². The zero-order chi connectivity index (χ0) is 14.6. The van der Waals surface area contributed by atoms with Crippen LogP contribution in [0.4, 0.5) is 5.13 Å². The van der Waals surface area contributed by atoms with Gasteiger partial charge in [-0.05, 0) is 33.9 Å². The van der Waals surface area contributed by atoms with Crippen molar-refractivity contribution in [2.75, 3.05) is 45.2 Å². The molecular formula is C14H26N4OS. The number of hydrogen-bond donors (Lipinski definition) is 2. The molecule has 1 unspecified atom stereocenters. The number of aliphatic hydroxyl groups is 1. The van der Waals surface area contributed by atoms with Crippen molar-refractivity contribution in [3.63, 3.8) is 0 Å². The van der Waals surface area contributed by atoms with E-state index in [9.17, 15) is 5.11 Å². The summed E-state index contributed by atoms with van der Waals surface area (Å²) < 4.78 is 0. The van der Waals surface area contributed by atoms with Gasteiger partial charge in [0.05, 0.1) is 5.60 Å². The van der Waals surface area contributed by atoms with Gasteiger partial charge in [-0.2, -0.15) is 0 Å². The molecule has 114 valence electrons. The summed E-state index contributed by atoms with van der Waals surface area (Å²) in [6.45, 7) is 5.30. The van der Waals surface area contributed by atoms with Gasteiger partial charge in [-0.15, -0.1) is 11.3 Å². The highest BCUT2D eigenvalue weighted by Crippen LogP contribution is 2.22. The van der Waals surface area contributed by atoms with Crippen LogP contribution in [0.25, 0.3) is 0 Å². The first-order valence-electron chi connectivity index (χ1n) is 7.21. The van der Waals surface area contributed by atoms with Crippen LogP contribution in [0.1, 0.15) is 19.8 Å². The van der Waals surface area contributed by atoms with E-state index in [2.05, 4.69) is 15.2 Å². The maximum absolute atomic E-state index is 10.3. The van der Waals surface area contributed by atoms with Gasteiger partial charge in [0.1, 0.15) is 0 Å². The van der Waals surface area contributed by atoms with E-state index < -0.39 is 5.60 Å². The first kappa shape index (κ1) is 15.7. The van der Waals surface area contributed by atoms with E-state index in [1.54, 1.807) is 11.3 Å². The minimum atomic E-state index is -0.671. The first-order valence-corrected chi connectivity index (χ1v) is 8.09. The summed E-state index contributed by atoms with van der Waals surface area (Å²) in [4.78, 5) is 8.73. The Morgan fingerprint density at radius 3 is 2.75 bits per heavy atom. The van der Waals surface area contributed by atoms with E-state index in [0.29, 0.717) is 19.1 Å². The molecule has 1 aromatic heterocycles. The van der Waals surface area contributed by atoms with Gasteiger partial charge in [0.25, 0.3) is 0 Å². The second-order valence-electron chi connectivity index (χ2n) is 6.19. The molecule has 1 aromatic rings. The van der Waals surface area contributed by atoms with E-state index in [0.717, 1.165) is 31.1 Å². The summed E-state index contributed by atoms with van der Waals surface area (Å²) in [6, 6.07) is 0.500. The maximum atomic E-state index is 10.3. The quantitative estimate of drug-likeness (QED) is 0.821. The highest BCUT2D eigenvalue weighted by Gasteiger charge is 2.25. The summed E-state index contributed by atoms with van der Waals surface area (Å²) >= 11 is 1.70. The third kappa shape index (κ3) is 4.70. The van der Waals surface area contributed by atoms with Gasteiger partial charge in [-0.1, -0.05) is 0 Å². The average molecular weight is 298 g/mol. The van der Waals surface area contributed by atoms with Gasteiger partial charge in [0, 0.05) is 43.8 Å². The molecule has 2 heterocycles. The normalized spacial score (nSPS) is 20.4. The fraction of sp³-hybridized carbons (Fsp3) is 0.786. The number of likely N-dealkylation sites (N-methyl/N-ethyl adjacent to an activating group) is 1. The van der Waals surface area contributed by atoms with Gasteiger partial charge in [-0.3, -0.25) is 0 Å². The molecule has 1 atom stereocenters. The van der Waals surface area contributed by atoms with Gasteiger partial charge in [0.15, 0.2) is 5.13 Å². The highest BCUT2D eigenvalue weighted by molar-refractivity contribution is 7.13. The van der Waals surface area contributed by atoms with E-state index in [1.165, 1.54) is 0 Å². The molecule has 0 radical (unpaired) electrons. The third-order valence-electron chi connectivity index (χ3n) is 3.61. The van der Waals surface area contributed by atoms with Crippen LogP contribution in [0.2, 0.25) is 0 Å². The molecule has 2 rings (SSSR count). The van der Waals surface area contributed by atoms with Crippen molar-refractivity contribution in [2.24, 2.45) is 0 Å². The van der Waals surface area contributed by atoms with Crippen LogP contribution >= 0.6 is 11.3 Å². The molecule has 0 saturated carbocycles. The minimum Gasteiger partial charge on any atom is -0.388 e. The second-order valence-corrected chi connectivity index (χ2v) is 7.06. The lowest BCUT2D eigenvalue weighted by Crippen LogP contribution is -2.50. The smallest absolute Gasteiger partial charge is 0.185 e. The number of anilines is 1. The van der Waals surface area contributed by atoms with Crippen LogP contribution in [-0.2, 0) is 0 Å². The summed E-state index contributed by atoms with van der Waals surface area (Å²) in [5, 5.41) is 17.0. The van der Waals surface area contributed by atoms with Crippen molar-refractivity contribution in [2.45, 2.75) is 31.4 Å². The molecule has 1 aliphatic heterocycles. The lowest BCUT2D eigenvalue weighted by molar-refractivity contribution is 0.0306. The number of nitrogens with zero attached hydrogens (tertiary/aromatic N) is 3. The largest absolute Gasteiger partial charge is 0.388 e. The number of thiazole rings is 1. The fourth-order valence-corrected chi connectivity index (χ4v) is 3.45. The molecule has 5 nitrogen and oxygen atoms in total. The predicted octanol–water partition coefficient (Wildman–Crippen LogP) is 1.01. The van der Waals surface area contributed by atoms with Crippen molar-refractivity contribution in [1.29, 1.82) is 0 Å². The van der Waals surface area contributed by atoms with Gasteiger partial charge < -0.3 is 20.2 Å². The Morgan fingerprint density at radius 2 is 2.20 bits per heavy atom. The third-order valence-corrected chi connectivity index (χ3v) is 4.45. The predicted molar refractivity (Wildman–Crippen MR) is 84.5 cm³/mol. The Kier molecular flexibility index (Phi) is 5.37. The van der Waals surface area contributed by atoms with Crippen molar-refractivity contribution < 1.29 is 5.11 Å². The topological polar surface area (TPSA) is 51.6 Å². The number of piperidine rings is 1. The molecule has 6 heteroatoms. The zero-order valence-electron chi connectivity index (χ0n) is 12.7. The summed E-state index contributed by atoms with van der Waals surface area (Å²) in [6.07, 6.45) is 4.08. The lowest BCUT2D eigenvalue weighted by atomic mass is 10.0. The molecule has 1 fully saturated rings. The van der Waals surface area contributed by atoms with Crippen LogP contribution in [0.3, 0.4) is 0 Å². The second kappa shape index (κ2) is 6.85. The van der Waals surface area contributed by atoms with Gasteiger partial charge in [0.2, 0.25) is 0 Å². The molecule has 1 aliphatic rings. The number of nitrogens with one attached hydrogen (secondary N) is 1. The average Bonchev–Trinajstić information content (AvgIpc) is 2.89. The number of hydrogen-bond acceptors (Lipinski definition) is 6. The first-order chi connectivity index (χ1) is 9.46. The van der Waals surface area contributed by atoms with Crippen molar-refractivity contribution in [3.05, 3.63) is 11.6 Å². The Morgan fingerprint density at radius 1 is 1.50 bits per heavy atom. The monoisotopic (exact) mass is 298 g/mol. The van der Waals surface area contributed by atoms with E-state index >= 15 is 0 Å². The number of aromatic nitrogens is 1. The van der Waals surface area contributed by atoms with Crippen molar-refractivity contribution in [3.8, 4) is 0 Å². The van der Waals surface area contributed by atoms with Crippen LogP contribution in [0, 0.1) is 0 Å². The molecule has 0 amide bonds. The van der Waals surface area contributed by atoms with Crippen molar-refractivity contribution in [1.82, 2.24) is 15.2 Å². The summed E-state index contributed by atoms with van der Waals surface area (Å²) in [5.41, 5.74) is -0.671. The Hall–Kier alpha value is -0.690. The standard InChI is InChI=1S/C14H26N4OS/c1-14(19,11-17(2)3)10-16-12-4-7-18(8-5-12)13-15-6-9-20-13/h6,9,12,16,19H,4-5,7-8,10-11H2,1-3H3. The van der Waals surface area contributed by atoms with E-state index in [1.807, 2.05) is 37.5 Å². The van der Waals surface area contributed by atoms with Crippen LogP contribution in [0.5, 0.6) is 0 Å². The highest BCUT2D eigenvalue weighted by atomic mass is 32.1. The van der Waals surface area contributed by atoms with Crippen LogP contribution in [0.15, 0.2) is 11.6 Å². The Balaban J connectivity index is 1.72. The SMILES string of the molecule is CN(C)CC(C)(O)CNC1CCN(c2nccs2)CC1. The molecule has 1 saturated heterocycles. The molecular weight excluding hydrogens is 272 g/mol. The Bertz CT molecular complexity index is 386.